The van der Waals surface area contributed by atoms with Crippen molar-refractivity contribution in [2.24, 2.45) is 0 Å². The lowest BCUT2D eigenvalue weighted by Gasteiger charge is -2.23. The van der Waals surface area contributed by atoms with Gasteiger partial charge in [-0.25, -0.2) is 12.7 Å². The molecule has 13 heteroatoms. The third-order valence-electron chi connectivity index (χ3n) is 7.39. The molecule has 5 aromatic rings. The Morgan fingerprint density at radius 3 is 2.38 bits per heavy atom. The van der Waals surface area contributed by atoms with Crippen LogP contribution in [0.15, 0.2) is 89.1 Å². The van der Waals surface area contributed by atoms with E-state index in [1.807, 2.05) is 66.7 Å². The SMILES string of the molecule is COc1cccc2c1c(N(COCC[Si](C)(C)C)S(=O)(=O)c1ccc(Cl)s1)nn2Cc1cccc(CC(=O)OCc2ccccc2)c1. The number of hydrogen-bond acceptors (Lipinski definition) is 8. The van der Waals surface area contributed by atoms with Crippen molar-refractivity contribution in [1.29, 1.82) is 0 Å². The van der Waals surface area contributed by atoms with E-state index in [9.17, 15) is 13.2 Å². The molecule has 3 aromatic carbocycles. The summed E-state index contributed by atoms with van der Waals surface area (Å²) in [4.78, 5) is 12.6. The molecule has 0 radical (unpaired) electrons. The average Bonchev–Trinajstić information content (AvgIpc) is 3.64. The molecular formula is C34H38ClN3O6S2Si. The Morgan fingerprint density at radius 2 is 1.68 bits per heavy atom. The van der Waals surface area contributed by atoms with E-state index in [0.717, 1.165) is 34.1 Å². The zero-order chi connectivity index (χ0) is 33.6. The highest BCUT2D eigenvalue weighted by Crippen LogP contribution is 2.38. The fourth-order valence-electron chi connectivity index (χ4n) is 4.92. The van der Waals surface area contributed by atoms with E-state index >= 15 is 0 Å². The number of sulfonamides is 1. The van der Waals surface area contributed by atoms with Gasteiger partial charge in [0.2, 0.25) is 0 Å². The van der Waals surface area contributed by atoms with Gasteiger partial charge in [-0.1, -0.05) is 91.9 Å². The number of esters is 1. The van der Waals surface area contributed by atoms with Crippen molar-refractivity contribution >= 4 is 63.7 Å². The first kappa shape index (κ1) is 34.6. The van der Waals surface area contributed by atoms with Crippen LogP contribution >= 0.6 is 22.9 Å². The summed E-state index contributed by atoms with van der Waals surface area (Å²) in [5.41, 5.74) is 3.27. The maximum absolute atomic E-state index is 14.1. The molecule has 0 saturated carbocycles. The van der Waals surface area contributed by atoms with Crippen LogP contribution in [-0.2, 0) is 43.9 Å². The topological polar surface area (TPSA) is 100.0 Å². The zero-order valence-corrected chi connectivity index (χ0v) is 30.2. The number of ether oxygens (including phenoxy) is 3. The van der Waals surface area contributed by atoms with Gasteiger partial charge in [-0.05, 0) is 47.0 Å². The second-order valence-electron chi connectivity index (χ2n) is 12.2. The highest BCUT2D eigenvalue weighted by Gasteiger charge is 2.32. The van der Waals surface area contributed by atoms with E-state index in [1.165, 1.54) is 10.4 Å². The van der Waals surface area contributed by atoms with Crippen LogP contribution in [0.2, 0.25) is 30.0 Å². The Kier molecular flexibility index (Phi) is 11.1. The van der Waals surface area contributed by atoms with Crippen LogP contribution in [0.5, 0.6) is 5.75 Å². The van der Waals surface area contributed by atoms with Gasteiger partial charge in [0.1, 0.15) is 23.3 Å². The molecule has 0 N–H and O–H groups in total. The molecule has 47 heavy (non-hydrogen) atoms. The number of benzene rings is 3. The third kappa shape index (κ3) is 8.82. The maximum atomic E-state index is 14.1. The molecule has 0 unspecified atom stereocenters. The van der Waals surface area contributed by atoms with E-state index in [0.29, 0.717) is 34.1 Å². The number of rotatable bonds is 15. The van der Waals surface area contributed by atoms with Gasteiger partial charge in [-0.15, -0.1) is 11.3 Å². The van der Waals surface area contributed by atoms with Crippen molar-refractivity contribution in [3.05, 3.63) is 106 Å². The Balaban J connectivity index is 1.46. The molecule has 0 spiro atoms. The fraction of sp³-hybridized carbons (Fsp3) is 0.294. The molecule has 0 fully saturated rings. The number of nitrogens with zero attached hydrogens (tertiary/aromatic N) is 3. The van der Waals surface area contributed by atoms with Gasteiger partial charge in [-0.2, -0.15) is 5.10 Å². The number of fused-ring (bicyclic) bond motifs is 1. The van der Waals surface area contributed by atoms with Crippen LogP contribution in [-0.4, -0.2) is 52.7 Å². The molecule has 0 bridgehead atoms. The number of aromatic nitrogens is 2. The van der Waals surface area contributed by atoms with Crippen LogP contribution in [0.3, 0.4) is 0 Å². The van der Waals surface area contributed by atoms with E-state index in [2.05, 4.69) is 19.6 Å². The van der Waals surface area contributed by atoms with Crippen molar-refractivity contribution in [2.75, 3.05) is 24.8 Å². The average molecular weight is 712 g/mol. The largest absolute Gasteiger partial charge is 0.496 e. The quantitative estimate of drug-likeness (QED) is 0.0477. The third-order valence-corrected chi connectivity index (χ3v) is 12.5. The number of methoxy groups -OCH3 is 1. The van der Waals surface area contributed by atoms with Gasteiger partial charge in [0.05, 0.1) is 35.3 Å². The Hall–Kier alpha value is -3.68. The lowest BCUT2D eigenvalue weighted by Crippen LogP contribution is -2.34. The first-order chi connectivity index (χ1) is 22.4. The Bertz CT molecular complexity index is 1940. The van der Waals surface area contributed by atoms with Crippen LogP contribution in [0.25, 0.3) is 10.9 Å². The number of hydrogen-bond donors (Lipinski definition) is 0. The number of halogens is 1. The molecule has 2 heterocycles. The van der Waals surface area contributed by atoms with Crippen molar-refractivity contribution in [3.63, 3.8) is 0 Å². The molecule has 5 rings (SSSR count). The van der Waals surface area contributed by atoms with E-state index in [-0.39, 0.29) is 35.8 Å². The first-order valence-electron chi connectivity index (χ1n) is 15.1. The van der Waals surface area contributed by atoms with Crippen LogP contribution in [0.4, 0.5) is 5.82 Å². The number of thiophene rings is 1. The van der Waals surface area contributed by atoms with E-state index in [4.69, 9.17) is 30.9 Å². The minimum Gasteiger partial charge on any atom is -0.496 e. The second-order valence-corrected chi connectivity index (χ2v) is 21.7. The zero-order valence-electron chi connectivity index (χ0n) is 26.8. The smallest absolute Gasteiger partial charge is 0.310 e. The van der Waals surface area contributed by atoms with Crippen molar-refractivity contribution in [3.8, 4) is 5.75 Å². The minimum atomic E-state index is -4.10. The molecule has 248 valence electrons. The molecule has 0 aliphatic heterocycles. The molecule has 9 nitrogen and oxygen atoms in total. The summed E-state index contributed by atoms with van der Waals surface area (Å²) >= 11 is 7.14. The summed E-state index contributed by atoms with van der Waals surface area (Å²) < 4.78 is 48.8. The highest BCUT2D eigenvalue weighted by atomic mass is 35.5. The van der Waals surface area contributed by atoms with Crippen molar-refractivity contribution in [2.45, 2.75) is 49.5 Å². The lowest BCUT2D eigenvalue weighted by molar-refractivity contribution is -0.144. The van der Waals surface area contributed by atoms with Gasteiger partial charge in [0.25, 0.3) is 10.0 Å². The van der Waals surface area contributed by atoms with E-state index in [1.54, 1.807) is 23.9 Å². The molecule has 0 atom stereocenters. The second kappa shape index (κ2) is 15.0. The van der Waals surface area contributed by atoms with E-state index < -0.39 is 18.1 Å². The summed E-state index contributed by atoms with van der Waals surface area (Å²) in [6.07, 6.45) is 0.115. The summed E-state index contributed by atoms with van der Waals surface area (Å²) in [6, 6.07) is 26.6. The predicted octanol–water partition coefficient (Wildman–Crippen LogP) is 7.60. The van der Waals surface area contributed by atoms with Gasteiger partial charge in [0.15, 0.2) is 5.82 Å². The van der Waals surface area contributed by atoms with Gasteiger partial charge >= 0.3 is 5.97 Å². The standard InChI is InChI=1S/C34H38ClN3O6S2Si/c1-42-29-15-9-14-28-33(29)34(38(24-43-18-19-47(2,3)4)46(40,41)32-17-16-30(35)45-32)36-37(28)22-27-13-8-12-26(20-27)21-31(39)44-23-25-10-6-5-7-11-25/h5-17,20H,18-19,21-24H2,1-4H3. The highest BCUT2D eigenvalue weighted by molar-refractivity contribution is 7.94. The van der Waals surface area contributed by atoms with Gasteiger partial charge < -0.3 is 14.2 Å². The molecule has 0 amide bonds. The number of anilines is 1. The van der Waals surface area contributed by atoms with Crippen LogP contribution < -0.4 is 9.04 Å². The number of carbonyl (C=O) groups excluding carboxylic acids is 1. The molecular weight excluding hydrogens is 674 g/mol. The van der Waals surface area contributed by atoms with Gasteiger partial charge in [0, 0.05) is 14.7 Å². The van der Waals surface area contributed by atoms with Gasteiger partial charge in [-0.3, -0.25) is 9.48 Å². The summed E-state index contributed by atoms with van der Waals surface area (Å²) in [5.74, 6) is 0.340. The Labute approximate surface area is 285 Å². The molecule has 0 aliphatic rings. The molecule has 2 aromatic heterocycles. The lowest BCUT2D eigenvalue weighted by atomic mass is 10.1. The predicted molar refractivity (Wildman–Crippen MR) is 190 cm³/mol. The van der Waals surface area contributed by atoms with Crippen LogP contribution in [0.1, 0.15) is 16.7 Å². The molecule has 0 aliphatic carbocycles. The van der Waals surface area contributed by atoms with Crippen LogP contribution in [0, 0.1) is 0 Å². The summed E-state index contributed by atoms with van der Waals surface area (Å²) in [5, 5.41) is 5.40. The normalized spacial score (nSPS) is 11.9. The molecule has 0 saturated heterocycles. The minimum absolute atomic E-state index is 0.0840. The number of carbonyl (C=O) groups is 1. The Morgan fingerprint density at radius 1 is 0.957 bits per heavy atom. The monoisotopic (exact) mass is 711 g/mol. The first-order valence-corrected chi connectivity index (χ1v) is 21.5. The maximum Gasteiger partial charge on any atom is 0.310 e. The fourth-order valence-corrected chi connectivity index (χ4v) is 8.58. The van der Waals surface area contributed by atoms with Crippen molar-refractivity contribution in [1.82, 2.24) is 9.78 Å². The summed E-state index contributed by atoms with van der Waals surface area (Å²) in [6.45, 7) is 7.42. The summed E-state index contributed by atoms with van der Waals surface area (Å²) in [7, 11) is -3.99. The van der Waals surface area contributed by atoms with Crippen molar-refractivity contribution < 1.29 is 27.4 Å².